The molecule has 2 N–H and O–H groups in total. The summed E-state index contributed by atoms with van der Waals surface area (Å²) in [6.07, 6.45) is -1.84. The average Bonchev–Trinajstić information content (AvgIpc) is 2.77. The lowest BCUT2D eigenvalue weighted by Gasteiger charge is -2.10. The van der Waals surface area contributed by atoms with Crippen LogP contribution in [0.4, 0.5) is 0 Å². The molecule has 1 amide bonds. The van der Waals surface area contributed by atoms with Gasteiger partial charge in [0.15, 0.2) is 0 Å². The molecule has 2 rings (SSSR count). The predicted molar refractivity (Wildman–Crippen MR) is 74.3 cm³/mol. The average molecular weight is 335 g/mol. The van der Waals surface area contributed by atoms with Gasteiger partial charge in [0.1, 0.15) is 6.07 Å². The van der Waals surface area contributed by atoms with Crippen LogP contribution in [0.3, 0.4) is 0 Å². The molecule has 20 heavy (non-hydrogen) atoms. The highest BCUT2D eigenvalue weighted by Gasteiger charge is 2.31. The van der Waals surface area contributed by atoms with E-state index in [4.69, 9.17) is 5.26 Å². The van der Waals surface area contributed by atoms with E-state index in [1.807, 2.05) is 6.07 Å². The Hall–Kier alpha value is -1.86. The summed E-state index contributed by atoms with van der Waals surface area (Å²) in [5, 5.41) is 27.6. The van der Waals surface area contributed by atoms with Crippen LogP contribution >= 0.6 is 15.9 Å². The Balaban J connectivity index is 2.12. The first-order valence-electron chi connectivity index (χ1n) is 5.88. The number of rotatable bonds is 0. The highest BCUT2D eigenvalue weighted by atomic mass is 79.9. The molecule has 1 aromatic rings. The van der Waals surface area contributed by atoms with Gasteiger partial charge >= 0.3 is 0 Å². The fraction of sp³-hybridized carbons (Fsp3) is 0.286. The molecule has 0 spiro atoms. The first-order chi connectivity index (χ1) is 9.51. The van der Waals surface area contributed by atoms with Gasteiger partial charge in [0.25, 0.3) is 5.91 Å². The molecular weight excluding hydrogens is 324 g/mol. The number of halogens is 1. The zero-order valence-corrected chi connectivity index (χ0v) is 12.0. The van der Waals surface area contributed by atoms with E-state index < -0.39 is 18.1 Å². The number of hydrogen-bond acceptors (Lipinski definition) is 4. The number of carbonyl (C=O) groups excluding carboxylic acids is 1. The molecule has 0 saturated carbocycles. The minimum absolute atomic E-state index is 0.0818. The van der Waals surface area contributed by atoms with Gasteiger partial charge in [-0.1, -0.05) is 5.92 Å². The quantitative estimate of drug-likeness (QED) is 0.665. The van der Waals surface area contributed by atoms with Crippen molar-refractivity contribution in [2.45, 2.75) is 12.2 Å². The van der Waals surface area contributed by atoms with E-state index in [0.29, 0.717) is 15.6 Å². The first-order valence-corrected chi connectivity index (χ1v) is 6.67. The molecule has 0 aliphatic carbocycles. The molecule has 1 aromatic carbocycles. The smallest absolute Gasteiger partial charge is 0.299 e. The standard InChI is InChI=1S/C14H11BrN2O3/c15-11-3-1-9(5-10(11)6-16)2-4-14(20)17-7-12(18)13(19)8-17/h1,3,5,12-13,18-19H,7-8H2/t12-,13+. The summed E-state index contributed by atoms with van der Waals surface area (Å²) in [6, 6.07) is 6.98. The zero-order valence-electron chi connectivity index (χ0n) is 10.4. The van der Waals surface area contributed by atoms with Crippen molar-refractivity contribution in [2.24, 2.45) is 0 Å². The number of likely N-dealkylation sites (tertiary alicyclic amines) is 1. The number of nitriles is 1. The molecule has 1 aliphatic rings. The lowest BCUT2D eigenvalue weighted by Crippen LogP contribution is -2.28. The number of hydrogen-bond donors (Lipinski definition) is 2. The van der Waals surface area contributed by atoms with Crippen LogP contribution in [0, 0.1) is 23.2 Å². The van der Waals surface area contributed by atoms with E-state index in [1.54, 1.807) is 18.2 Å². The minimum atomic E-state index is -0.918. The largest absolute Gasteiger partial charge is 0.388 e. The topological polar surface area (TPSA) is 84.6 Å². The molecule has 5 nitrogen and oxygen atoms in total. The number of benzene rings is 1. The molecule has 1 fully saturated rings. The third kappa shape index (κ3) is 3.17. The Labute approximate surface area is 124 Å². The number of amides is 1. The number of β-amino-alcohol motifs (C(OH)–C–C–N with tert-alkyl or cyclic N) is 2. The van der Waals surface area contributed by atoms with E-state index in [2.05, 4.69) is 27.8 Å². The van der Waals surface area contributed by atoms with Gasteiger partial charge in [-0.15, -0.1) is 0 Å². The number of aliphatic hydroxyl groups is 2. The Morgan fingerprint density at radius 2 is 2.00 bits per heavy atom. The molecule has 0 unspecified atom stereocenters. The van der Waals surface area contributed by atoms with Crippen molar-refractivity contribution in [3.63, 3.8) is 0 Å². The van der Waals surface area contributed by atoms with Gasteiger partial charge in [0.2, 0.25) is 0 Å². The van der Waals surface area contributed by atoms with Crippen molar-refractivity contribution in [2.75, 3.05) is 13.1 Å². The van der Waals surface area contributed by atoms with E-state index in [1.165, 1.54) is 4.90 Å². The van der Waals surface area contributed by atoms with Crippen molar-refractivity contribution in [1.82, 2.24) is 4.90 Å². The minimum Gasteiger partial charge on any atom is -0.388 e. The summed E-state index contributed by atoms with van der Waals surface area (Å²) in [4.78, 5) is 13.1. The van der Waals surface area contributed by atoms with Gasteiger partial charge in [-0.05, 0) is 34.1 Å². The van der Waals surface area contributed by atoms with Crippen LogP contribution < -0.4 is 0 Å². The number of nitrogens with zero attached hydrogens (tertiary/aromatic N) is 2. The SMILES string of the molecule is N#Cc1cc(C#CC(=O)N2C[C@@H](O)[C@@H](O)C2)ccc1Br. The molecule has 0 aromatic heterocycles. The Morgan fingerprint density at radius 3 is 2.60 bits per heavy atom. The molecule has 1 aliphatic heterocycles. The summed E-state index contributed by atoms with van der Waals surface area (Å²) in [5.74, 6) is 4.66. The van der Waals surface area contributed by atoms with Crippen LogP contribution in [0.15, 0.2) is 22.7 Å². The number of carbonyl (C=O) groups is 1. The molecule has 6 heteroatoms. The Kier molecular flexibility index (Phi) is 4.41. The van der Waals surface area contributed by atoms with Gasteiger partial charge in [-0.25, -0.2) is 0 Å². The summed E-state index contributed by atoms with van der Waals surface area (Å²) in [7, 11) is 0. The van der Waals surface area contributed by atoms with Crippen LogP contribution in [0.25, 0.3) is 0 Å². The summed E-state index contributed by atoms with van der Waals surface area (Å²) >= 11 is 3.24. The van der Waals surface area contributed by atoms with Gasteiger partial charge in [-0.2, -0.15) is 5.26 Å². The second-order valence-electron chi connectivity index (χ2n) is 4.40. The molecule has 1 saturated heterocycles. The fourth-order valence-corrected chi connectivity index (χ4v) is 2.16. The maximum Gasteiger partial charge on any atom is 0.299 e. The monoisotopic (exact) mass is 334 g/mol. The fourth-order valence-electron chi connectivity index (χ4n) is 1.83. The van der Waals surface area contributed by atoms with Crippen LogP contribution in [0.2, 0.25) is 0 Å². The normalized spacial score (nSPS) is 21.0. The molecule has 0 bridgehead atoms. The lowest BCUT2D eigenvalue weighted by atomic mass is 10.1. The third-order valence-corrected chi connectivity index (χ3v) is 3.64. The van der Waals surface area contributed by atoms with Crippen LogP contribution in [0.1, 0.15) is 11.1 Å². The van der Waals surface area contributed by atoms with Gasteiger partial charge < -0.3 is 15.1 Å². The molecule has 2 atom stereocenters. The molecule has 1 heterocycles. The van der Waals surface area contributed by atoms with E-state index in [0.717, 1.165) is 0 Å². The molecule has 102 valence electrons. The van der Waals surface area contributed by atoms with Crippen molar-refractivity contribution < 1.29 is 15.0 Å². The summed E-state index contributed by atoms with van der Waals surface area (Å²) in [6.45, 7) is 0.164. The highest BCUT2D eigenvalue weighted by molar-refractivity contribution is 9.10. The second kappa shape index (κ2) is 6.06. The van der Waals surface area contributed by atoms with Crippen LogP contribution in [-0.2, 0) is 4.79 Å². The van der Waals surface area contributed by atoms with E-state index in [9.17, 15) is 15.0 Å². The molecule has 0 radical (unpaired) electrons. The molecular formula is C14H11BrN2O3. The Bertz CT molecular complexity index is 632. The second-order valence-corrected chi connectivity index (χ2v) is 5.26. The van der Waals surface area contributed by atoms with E-state index in [-0.39, 0.29) is 13.1 Å². The maximum atomic E-state index is 11.8. The highest BCUT2D eigenvalue weighted by Crippen LogP contribution is 2.16. The van der Waals surface area contributed by atoms with Crippen LogP contribution in [-0.4, -0.2) is 46.3 Å². The van der Waals surface area contributed by atoms with E-state index >= 15 is 0 Å². The van der Waals surface area contributed by atoms with Crippen molar-refractivity contribution >= 4 is 21.8 Å². The summed E-state index contributed by atoms with van der Waals surface area (Å²) in [5.41, 5.74) is 0.995. The van der Waals surface area contributed by atoms with Gasteiger partial charge in [0, 0.05) is 16.0 Å². The van der Waals surface area contributed by atoms with Crippen molar-refractivity contribution in [3.05, 3.63) is 33.8 Å². The van der Waals surface area contributed by atoms with Crippen molar-refractivity contribution in [1.29, 1.82) is 5.26 Å². The zero-order chi connectivity index (χ0) is 14.7. The third-order valence-electron chi connectivity index (χ3n) is 2.95. The number of aliphatic hydroxyl groups excluding tert-OH is 2. The van der Waals surface area contributed by atoms with Crippen LogP contribution in [0.5, 0.6) is 0 Å². The Morgan fingerprint density at radius 1 is 1.35 bits per heavy atom. The predicted octanol–water partition coefficient (Wildman–Crippen LogP) is 0.236. The lowest BCUT2D eigenvalue weighted by molar-refractivity contribution is -0.124. The first kappa shape index (κ1) is 14.5. The van der Waals surface area contributed by atoms with Crippen molar-refractivity contribution in [3.8, 4) is 17.9 Å². The summed E-state index contributed by atoms with van der Waals surface area (Å²) < 4.78 is 0.669. The van der Waals surface area contributed by atoms with Gasteiger partial charge in [-0.3, -0.25) is 4.79 Å². The van der Waals surface area contributed by atoms with Gasteiger partial charge in [0.05, 0.1) is 30.9 Å². The maximum absolute atomic E-state index is 11.8.